The molecule has 4 rings (SSSR count). The molecule has 7 nitrogen and oxygen atoms in total. The number of carbonyl (C=O) groups excluding carboxylic acids is 2. The maximum atomic E-state index is 13.0. The number of nitrogens with one attached hydrogen (secondary N) is 1. The smallest absolute Gasteiger partial charge is 0.349 e. The Hall–Kier alpha value is -3.43. The van der Waals surface area contributed by atoms with Gasteiger partial charge < -0.3 is 19.2 Å². The van der Waals surface area contributed by atoms with Gasteiger partial charge in [0.2, 0.25) is 0 Å². The summed E-state index contributed by atoms with van der Waals surface area (Å²) in [6.45, 7) is 1.88. The Morgan fingerprint density at radius 3 is 2.58 bits per heavy atom. The molecule has 1 N–H and O–H groups in total. The number of ether oxygens (including phenoxy) is 2. The molecule has 0 bridgehead atoms. The van der Waals surface area contributed by atoms with Gasteiger partial charge in [0.05, 0.1) is 13.7 Å². The van der Waals surface area contributed by atoms with Gasteiger partial charge in [0.1, 0.15) is 27.5 Å². The van der Waals surface area contributed by atoms with E-state index in [1.165, 1.54) is 17.4 Å². The van der Waals surface area contributed by atoms with Crippen molar-refractivity contribution in [2.75, 3.05) is 19.0 Å². The van der Waals surface area contributed by atoms with Crippen LogP contribution in [0.2, 0.25) is 0 Å². The number of methoxy groups -OCH3 is 1. The molecule has 2 heterocycles. The maximum absolute atomic E-state index is 13.0. The maximum Gasteiger partial charge on any atom is 0.349 e. The molecule has 0 unspecified atom stereocenters. The molecule has 0 saturated heterocycles. The van der Waals surface area contributed by atoms with E-state index in [2.05, 4.69) is 21.2 Å². The zero-order valence-corrected chi connectivity index (χ0v) is 20.0. The first kappa shape index (κ1) is 22.8. The minimum Gasteiger partial charge on any atom is -0.497 e. The van der Waals surface area contributed by atoms with Crippen molar-refractivity contribution in [1.82, 2.24) is 0 Å². The van der Waals surface area contributed by atoms with Crippen molar-refractivity contribution in [3.05, 3.63) is 79.9 Å². The van der Waals surface area contributed by atoms with Crippen LogP contribution in [0.5, 0.6) is 5.75 Å². The number of fused-ring (bicyclic) bond motifs is 1. The van der Waals surface area contributed by atoms with E-state index in [1.807, 2.05) is 12.1 Å². The molecule has 0 aliphatic rings. The summed E-state index contributed by atoms with van der Waals surface area (Å²) >= 11 is 4.53. The lowest BCUT2D eigenvalue weighted by atomic mass is 10.0. The summed E-state index contributed by atoms with van der Waals surface area (Å²) in [5.74, 6) is -0.580. The number of esters is 1. The Morgan fingerprint density at radius 1 is 1.12 bits per heavy atom. The Morgan fingerprint density at radius 2 is 1.88 bits per heavy atom. The molecule has 0 saturated carbocycles. The van der Waals surface area contributed by atoms with E-state index in [1.54, 1.807) is 49.7 Å². The largest absolute Gasteiger partial charge is 0.497 e. The van der Waals surface area contributed by atoms with Crippen molar-refractivity contribution in [3.63, 3.8) is 0 Å². The molecule has 0 fully saturated rings. The van der Waals surface area contributed by atoms with Gasteiger partial charge in [-0.1, -0.05) is 28.1 Å². The van der Waals surface area contributed by atoms with Crippen LogP contribution < -0.4 is 15.7 Å². The molecule has 168 valence electrons. The monoisotopic (exact) mass is 527 g/mol. The summed E-state index contributed by atoms with van der Waals surface area (Å²) in [7, 11) is 1.57. The first-order chi connectivity index (χ1) is 15.9. The Kier molecular flexibility index (Phi) is 6.62. The van der Waals surface area contributed by atoms with Crippen LogP contribution in [-0.4, -0.2) is 25.6 Å². The molecule has 2 aromatic carbocycles. The summed E-state index contributed by atoms with van der Waals surface area (Å²) < 4.78 is 16.5. The number of hydrogen-bond donors (Lipinski definition) is 1. The summed E-state index contributed by atoms with van der Waals surface area (Å²) in [6, 6.07) is 13.8. The number of carbonyl (C=O) groups is 2. The van der Waals surface area contributed by atoms with Crippen molar-refractivity contribution in [2.45, 2.75) is 6.92 Å². The molecule has 4 aromatic rings. The Balaban J connectivity index is 1.73. The summed E-state index contributed by atoms with van der Waals surface area (Å²) in [5, 5.41) is 5.30. The van der Waals surface area contributed by atoms with Crippen LogP contribution in [-0.2, 0) is 4.74 Å². The number of amides is 1. The lowest BCUT2D eigenvalue weighted by molar-refractivity contribution is 0.0529. The predicted molar refractivity (Wildman–Crippen MR) is 130 cm³/mol. The third-order valence-corrected chi connectivity index (χ3v) is 6.23. The molecular formula is C24H18BrNO6S. The average Bonchev–Trinajstić information content (AvgIpc) is 3.22. The molecule has 0 spiro atoms. The van der Waals surface area contributed by atoms with Crippen molar-refractivity contribution >= 4 is 55.1 Å². The SMILES string of the molecule is CCOC(=O)c1c(-c2ccc(OC)cc2)csc1NC(=O)c1cc2cc(Br)ccc2oc1=O. The zero-order valence-electron chi connectivity index (χ0n) is 17.6. The highest BCUT2D eigenvalue weighted by atomic mass is 79.9. The molecule has 0 radical (unpaired) electrons. The van der Waals surface area contributed by atoms with Crippen molar-refractivity contribution in [2.24, 2.45) is 0 Å². The molecule has 0 aliphatic heterocycles. The number of hydrogen-bond acceptors (Lipinski definition) is 7. The zero-order chi connectivity index (χ0) is 23.5. The van der Waals surface area contributed by atoms with Crippen LogP contribution in [0, 0.1) is 0 Å². The minimum atomic E-state index is -0.771. The van der Waals surface area contributed by atoms with Crippen LogP contribution in [0.15, 0.2) is 67.6 Å². The van der Waals surface area contributed by atoms with Crippen molar-refractivity contribution in [3.8, 4) is 16.9 Å². The van der Waals surface area contributed by atoms with Crippen LogP contribution in [0.4, 0.5) is 5.00 Å². The fourth-order valence-corrected chi connectivity index (χ4v) is 4.59. The first-order valence-corrected chi connectivity index (χ1v) is 11.6. The number of thiophene rings is 1. The van der Waals surface area contributed by atoms with Crippen molar-refractivity contribution in [1.29, 1.82) is 0 Å². The van der Waals surface area contributed by atoms with E-state index >= 15 is 0 Å². The molecule has 33 heavy (non-hydrogen) atoms. The van der Waals surface area contributed by atoms with Gasteiger partial charge in [-0.2, -0.15) is 0 Å². The number of benzene rings is 2. The molecular weight excluding hydrogens is 510 g/mol. The summed E-state index contributed by atoms with van der Waals surface area (Å²) in [6.07, 6.45) is 0. The van der Waals surface area contributed by atoms with Gasteiger partial charge in [-0.15, -0.1) is 11.3 Å². The number of halogens is 1. The van der Waals surface area contributed by atoms with Crippen molar-refractivity contribution < 1.29 is 23.5 Å². The second-order valence-electron chi connectivity index (χ2n) is 6.89. The average molecular weight is 528 g/mol. The fourth-order valence-electron chi connectivity index (χ4n) is 3.26. The molecule has 9 heteroatoms. The van der Waals surface area contributed by atoms with Gasteiger partial charge in [0.15, 0.2) is 0 Å². The van der Waals surface area contributed by atoms with E-state index in [0.717, 1.165) is 10.0 Å². The molecule has 2 aromatic heterocycles. The fraction of sp³-hybridized carbons (Fsp3) is 0.125. The van der Waals surface area contributed by atoms with Gasteiger partial charge in [-0.25, -0.2) is 9.59 Å². The van der Waals surface area contributed by atoms with Crippen LogP contribution >= 0.6 is 27.3 Å². The Labute approximate surface area is 201 Å². The standard InChI is InChI=1S/C24H18BrNO6S/c1-3-31-24(29)20-18(13-4-7-16(30-2)8-5-13)12-33-22(20)26-21(27)17-11-14-10-15(25)6-9-19(14)32-23(17)28/h4-12H,3H2,1-2H3,(H,26,27). The number of anilines is 1. The van der Waals surface area contributed by atoms with Gasteiger partial charge in [0.25, 0.3) is 5.91 Å². The summed E-state index contributed by atoms with van der Waals surface area (Å²) in [5.41, 5.74) is 0.997. The van der Waals surface area contributed by atoms with Gasteiger partial charge in [0, 0.05) is 20.8 Å². The lowest BCUT2D eigenvalue weighted by Crippen LogP contribution is -2.21. The highest BCUT2D eigenvalue weighted by molar-refractivity contribution is 9.10. The predicted octanol–water partition coefficient (Wildman–Crippen LogP) is 5.72. The van der Waals surface area contributed by atoms with E-state index in [9.17, 15) is 14.4 Å². The molecule has 1 amide bonds. The van der Waals surface area contributed by atoms with E-state index < -0.39 is 17.5 Å². The van der Waals surface area contributed by atoms with E-state index in [4.69, 9.17) is 13.9 Å². The summed E-state index contributed by atoms with van der Waals surface area (Å²) in [4.78, 5) is 38.2. The topological polar surface area (TPSA) is 94.8 Å². The highest BCUT2D eigenvalue weighted by Gasteiger charge is 2.24. The van der Waals surface area contributed by atoms with Gasteiger partial charge in [-0.3, -0.25) is 4.79 Å². The number of rotatable bonds is 6. The van der Waals surface area contributed by atoms with E-state index in [-0.39, 0.29) is 22.7 Å². The lowest BCUT2D eigenvalue weighted by Gasteiger charge is -2.09. The quantitative estimate of drug-likeness (QED) is 0.254. The third-order valence-electron chi connectivity index (χ3n) is 4.84. The van der Waals surface area contributed by atoms with E-state index in [0.29, 0.717) is 22.3 Å². The Bertz CT molecular complexity index is 1410. The second kappa shape index (κ2) is 9.60. The highest BCUT2D eigenvalue weighted by Crippen LogP contribution is 2.37. The molecule has 0 aliphatic carbocycles. The normalized spacial score (nSPS) is 10.8. The minimum absolute atomic E-state index is 0.171. The van der Waals surface area contributed by atoms with Gasteiger partial charge >= 0.3 is 11.6 Å². The second-order valence-corrected chi connectivity index (χ2v) is 8.68. The van der Waals surface area contributed by atoms with Crippen LogP contribution in [0.25, 0.3) is 22.1 Å². The first-order valence-electron chi connectivity index (χ1n) is 9.89. The van der Waals surface area contributed by atoms with Crippen LogP contribution in [0.3, 0.4) is 0 Å². The van der Waals surface area contributed by atoms with Gasteiger partial charge in [-0.05, 0) is 48.9 Å². The third kappa shape index (κ3) is 4.69. The molecule has 0 atom stereocenters. The van der Waals surface area contributed by atoms with Crippen LogP contribution in [0.1, 0.15) is 27.6 Å².